The summed E-state index contributed by atoms with van der Waals surface area (Å²) in [5.41, 5.74) is 0. The van der Waals surface area contributed by atoms with Crippen molar-refractivity contribution in [2.45, 2.75) is 311 Å². The fourth-order valence-electron chi connectivity index (χ4n) is 10.6. The average Bonchev–Trinajstić information content (AvgIpc) is 3.52. The minimum atomic E-state index is -1.98. The van der Waals surface area contributed by atoms with Crippen LogP contribution >= 0.6 is 0 Å². The Morgan fingerprint density at radius 3 is 1.30 bits per heavy atom. The fourth-order valence-corrected chi connectivity index (χ4v) is 10.6. The van der Waals surface area contributed by atoms with Crippen LogP contribution in [0.15, 0.2) is 60.8 Å². The van der Waals surface area contributed by atoms with Gasteiger partial charge < -0.3 is 89.9 Å². The van der Waals surface area contributed by atoms with Crippen molar-refractivity contribution in [2.75, 3.05) is 26.4 Å². The molecule has 12 N–H and O–H groups in total. The summed E-state index contributed by atoms with van der Waals surface area (Å²) < 4.78 is 34.1. The smallest absolute Gasteiger partial charge is 0.220 e. The number of unbranched alkanes of at least 4 members (excludes halogenated alkanes) is 23. The monoisotopic (exact) mass is 1180 g/mol. The molecule has 0 aromatic heterocycles. The van der Waals surface area contributed by atoms with E-state index in [2.05, 4.69) is 67.8 Å². The average molecular weight is 1180 g/mol. The number of aliphatic hydroxyl groups excluding tert-OH is 11. The number of carbonyl (C=O) groups is 1. The maximum absolute atomic E-state index is 13.2. The highest BCUT2D eigenvalue weighted by Gasteiger charge is 2.53. The number of nitrogens with one attached hydrogen (secondary N) is 1. The van der Waals surface area contributed by atoms with Crippen LogP contribution in [0.25, 0.3) is 0 Å². The predicted octanol–water partition coefficient (Wildman–Crippen LogP) is 6.82. The van der Waals surface area contributed by atoms with Crippen LogP contribution in [0.2, 0.25) is 0 Å². The number of hydrogen-bond acceptors (Lipinski definition) is 18. The Morgan fingerprint density at radius 1 is 0.446 bits per heavy atom. The Balaban J connectivity index is 1.28. The normalized spacial score (nSPS) is 29.8. The Morgan fingerprint density at radius 2 is 0.831 bits per heavy atom. The molecule has 19 nitrogen and oxygen atoms in total. The maximum atomic E-state index is 13.2. The second kappa shape index (κ2) is 46.6. The molecule has 3 saturated heterocycles. The summed E-state index contributed by atoms with van der Waals surface area (Å²) in [5.74, 6) is -0.283. The number of rotatable bonds is 47. The van der Waals surface area contributed by atoms with Gasteiger partial charge in [-0.3, -0.25) is 4.79 Å². The van der Waals surface area contributed by atoms with Crippen molar-refractivity contribution in [1.29, 1.82) is 0 Å². The van der Waals surface area contributed by atoms with Crippen molar-refractivity contribution in [3.05, 3.63) is 60.8 Å². The molecule has 0 bridgehead atoms. The first-order chi connectivity index (χ1) is 40.3. The molecule has 0 aliphatic carbocycles. The molecule has 3 fully saturated rings. The number of ether oxygens (including phenoxy) is 6. The Kier molecular flexibility index (Phi) is 42.0. The first-order valence-electron chi connectivity index (χ1n) is 32.0. The van der Waals surface area contributed by atoms with Gasteiger partial charge in [0.25, 0.3) is 0 Å². The molecular weight excluding hydrogens is 1070 g/mol. The first kappa shape index (κ1) is 74.7. The van der Waals surface area contributed by atoms with Gasteiger partial charge in [0.1, 0.15) is 73.2 Å². The number of aliphatic hydroxyl groups is 11. The molecular formula is C64H113NO18. The molecule has 482 valence electrons. The summed E-state index contributed by atoms with van der Waals surface area (Å²) in [4.78, 5) is 13.2. The standard InChI is InChI=1S/C64H113NO18/c1-3-5-7-9-10-11-12-13-14-15-16-17-18-19-20-21-22-23-24-25-26-27-28-29-30-31-32-33-34-35-36-38-40-42-52(70)65-47(48(69)41-39-37-8-6-4-2)46-78-62-58(76)55(73)60(50(44-67)80-62)83-64-59(77)56(74)61(51(45-68)81-64)82-63-57(75)54(72)53(71)49(43-66)79-63/h5,7,10-11,13-14,16-17,39,41,47-51,53-64,66-69,71-77H,3-4,6,8-9,12,15,18-38,40,42-46H2,1-2H3,(H,65,70)/b7-5-,11-10-,14-13-,17-16-,41-39+. The summed E-state index contributed by atoms with van der Waals surface area (Å²) in [7, 11) is 0. The van der Waals surface area contributed by atoms with Crippen molar-refractivity contribution in [3.63, 3.8) is 0 Å². The van der Waals surface area contributed by atoms with E-state index in [0.717, 1.165) is 70.6 Å². The van der Waals surface area contributed by atoms with E-state index in [9.17, 15) is 61.0 Å². The zero-order valence-corrected chi connectivity index (χ0v) is 50.4. The van der Waals surface area contributed by atoms with Crippen molar-refractivity contribution < 1.29 is 89.4 Å². The van der Waals surface area contributed by atoms with Crippen LogP contribution in [0, 0.1) is 0 Å². The lowest BCUT2D eigenvalue weighted by molar-refractivity contribution is -0.379. The second-order valence-corrected chi connectivity index (χ2v) is 22.8. The molecule has 3 aliphatic heterocycles. The summed E-state index contributed by atoms with van der Waals surface area (Å²) in [6, 6.07) is -0.969. The summed E-state index contributed by atoms with van der Waals surface area (Å²) in [5, 5.41) is 119. The molecule has 17 unspecified atom stereocenters. The lowest BCUT2D eigenvalue weighted by atomic mass is 9.96. The van der Waals surface area contributed by atoms with Gasteiger partial charge in [-0.2, -0.15) is 0 Å². The Hall–Kier alpha value is -2.51. The van der Waals surface area contributed by atoms with Gasteiger partial charge in [-0.05, 0) is 57.8 Å². The van der Waals surface area contributed by atoms with E-state index in [1.165, 1.54) is 109 Å². The first-order valence-corrected chi connectivity index (χ1v) is 32.0. The highest BCUT2D eigenvalue weighted by Crippen LogP contribution is 2.33. The van der Waals surface area contributed by atoms with Crippen LogP contribution < -0.4 is 5.32 Å². The summed E-state index contributed by atoms with van der Waals surface area (Å²) >= 11 is 0. The summed E-state index contributed by atoms with van der Waals surface area (Å²) in [6.45, 7) is 1.47. The molecule has 3 rings (SSSR count). The van der Waals surface area contributed by atoms with E-state index in [1.807, 2.05) is 6.08 Å². The lowest BCUT2D eigenvalue weighted by Crippen LogP contribution is -2.66. The third-order valence-electron chi connectivity index (χ3n) is 15.8. The van der Waals surface area contributed by atoms with Gasteiger partial charge in [-0.15, -0.1) is 0 Å². The van der Waals surface area contributed by atoms with Gasteiger partial charge in [-0.1, -0.05) is 203 Å². The molecule has 83 heavy (non-hydrogen) atoms. The molecule has 0 aromatic carbocycles. The van der Waals surface area contributed by atoms with E-state index in [-0.39, 0.29) is 18.9 Å². The Bertz CT molecular complexity index is 1750. The van der Waals surface area contributed by atoms with Gasteiger partial charge in [-0.25, -0.2) is 0 Å². The van der Waals surface area contributed by atoms with Gasteiger partial charge in [0.2, 0.25) is 5.91 Å². The minimum Gasteiger partial charge on any atom is -0.394 e. The minimum absolute atomic E-state index is 0.242. The quantitative estimate of drug-likeness (QED) is 0.0220. The van der Waals surface area contributed by atoms with E-state index in [1.54, 1.807) is 6.08 Å². The second-order valence-electron chi connectivity index (χ2n) is 22.8. The zero-order valence-electron chi connectivity index (χ0n) is 50.4. The number of amides is 1. The van der Waals surface area contributed by atoms with E-state index in [0.29, 0.717) is 6.42 Å². The van der Waals surface area contributed by atoms with Crippen LogP contribution in [0.5, 0.6) is 0 Å². The molecule has 0 saturated carbocycles. The lowest BCUT2D eigenvalue weighted by Gasteiger charge is -2.48. The van der Waals surface area contributed by atoms with Gasteiger partial charge >= 0.3 is 0 Å². The van der Waals surface area contributed by atoms with Gasteiger partial charge in [0, 0.05) is 6.42 Å². The zero-order chi connectivity index (χ0) is 60.5. The van der Waals surface area contributed by atoms with Crippen molar-refractivity contribution in [2.24, 2.45) is 0 Å². The van der Waals surface area contributed by atoms with E-state index >= 15 is 0 Å². The molecule has 1 amide bonds. The van der Waals surface area contributed by atoms with Crippen LogP contribution in [0.1, 0.15) is 206 Å². The molecule has 3 aliphatic rings. The molecule has 0 spiro atoms. The van der Waals surface area contributed by atoms with Crippen molar-refractivity contribution in [1.82, 2.24) is 5.32 Å². The third kappa shape index (κ3) is 29.8. The van der Waals surface area contributed by atoms with Crippen molar-refractivity contribution in [3.8, 4) is 0 Å². The Labute approximate surface area is 496 Å². The highest BCUT2D eigenvalue weighted by molar-refractivity contribution is 5.76. The van der Waals surface area contributed by atoms with Crippen LogP contribution in [0.4, 0.5) is 0 Å². The van der Waals surface area contributed by atoms with E-state index in [4.69, 9.17) is 28.4 Å². The molecule has 19 heteroatoms. The molecule has 3 heterocycles. The van der Waals surface area contributed by atoms with Crippen LogP contribution in [-0.2, 0) is 33.2 Å². The van der Waals surface area contributed by atoms with E-state index < -0.39 is 124 Å². The molecule has 0 aromatic rings. The largest absolute Gasteiger partial charge is 0.394 e. The molecule has 0 radical (unpaired) electrons. The van der Waals surface area contributed by atoms with Crippen LogP contribution in [0.3, 0.4) is 0 Å². The topological polar surface area (TPSA) is 307 Å². The predicted molar refractivity (Wildman–Crippen MR) is 318 cm³/mol. The number of hydrogen-bond donors (Lipinski definition) is 12. The maximum Gasteiger partial charge on any atom is 0.220 e. The van der Waals surface area contributed by atoms with Gasteiger partial charge in [0.15, 0.2) is 18.9 Å². The SMILES string of the molecule is CC/C=C\C/C=C\C/C=C\C/C=C\CCCCCCCCCCCCCCCCCCCCCCC(=O)NC(COC1OC(CO)C(OC2OC(CO)C(OC3OC(CO)C(O)C(O)C3O)C(O)C2O)C(O)C1O)C(O)/C=C/CCCCC. The molecule has 17 atom stereocenters. The van der Waals surface area contributed by atoms with Crippen LogP contribution in [-0.4, -0.2) is 193 Å². The number of allylic oxidation sites excluding steroid dienone is 9. The number of carbonyl (C=O) groups excluding carboxylic acids is 1. The van der Waals surface area contributed by atoms with Gasteiger partial charge in [0.05, 0.1) is 38.6 Å². The third-order valence-corrected chi connectivity index (χ3v) is 15.8. The van der Waals surface area contributed by atoms with Crippen molar-refractivity contribution >= 4 is 5.91 Å². The summed E-state index contributed by atoms with van der Waals surface area (Å²) in [6.07, 6.45) is 28.8. The highest BCUT2D eigenvalue weighted by atomic mass is 16.8. The fraction of sp³-hybridized carbons (Fsp3) is 0.828.